The average molecular weight is 441 g/mol. The Bertz CT molecular complexity index is 1380. The van der Waals surface area contributed by atoms with Gasteiger partial charge in [0.15, 0.2) is 0 Å². The fourth-order valence-corrected chi connectivity index (χ4v) is 4.71. The molecule has 3 aromatic carbocycles. The Morgan fingerprint density at radius 2 is 1.82 bits per heavy atom. The number of H-pyrrole nitrogens is 1. The zero-order valence-corrected chi connectivity index (χ0v) is 18.9. The van der Waals surface area contributed by atoms with Crippen LogP contribution in [-0.2, 0) is 0 Å². The number of carbonyl (C=O) groups is 1. The van der Waals surface area contributed by atoms with E-state index < -0.39 is 5.91 Å². The second-order valence-electron chi connectivity index (χ2n) is 8.65. The molecule has 5 rings (SSSR count). The first-order chi connectivity index (χ1) is 16.0. The van der Waals surface area contributed by atoms with E-state index in [1.54, 1.807) is 0 Å². The third kappa shape index (κ3) is 3.70. The second-order valence-corrected chi connectivity index (χ2v) is 8.65. The average Bonchev–Trinajstić information content (AvgIpc) is 3.21. The fourth-order valence-electron chi connectivity index (χ4n) is 4.71. The number of nitrogens with one attached hydrogen (secondary N) is 3. The van der Waals surface area contributed by atoms with Gasteiger partial charge < -0.3 is 31.2 Å². The summed E-state index contributed by atoms with van der Waals surface area (Å²) in [7, 11) is 3.99. The number of likely N-dealkylation sites (N-methyl/N-ethyl adjacent to an activating group) is 1. The van der Waals surface area contributed by atoms with Crippen LogP contribution in [0.3, 0.4) is 0 Å². The second kappa shape index (κ2) is 8.26. The number of hydrogen-bond acceptors (Lipinski definition) is 5. The van der Waals surface area contributed by atoms with Gasteiger partial charge in [-0.25, -0.2) is 0 Å². The molecule has 1 aromatic heterocycles. The van der Waals surface area contributed by atoms with Crippen molar-refractivity contribution >= 4 is 45.3 Å². The molecule has 33 heavy (non-hydrogen) atoms. The maximum absolute atomic E-state index is 12.4. The van der Waals surface area contributed by atoms with Crippen LogP contribution >= 0.6 is 0 Å². The molecule has 2 heterocycles. The molecule has 0 atom stereocenters. The number of rotatable bonds is 5. The molecule has 1 amide bonds. The van der Waals surface area contributed by atoms with Gasteiger partial charge in [0.25, 0.3) is 5.91 Å². The van der Waals surface area contributed by atoms with Crippen LogP contribution in [0.25, 0.3) is 32.9 Å². The van der Waals surface area contributed by atoms with Crippen LogP contribution in [0, 0.1) is 5.41 Å². The number of piperazine rings is 1. The molecule has 168 valence electrons. The normalized spacial score (nSPS) is 14.7. The predicted octanol–water partition coefficient (Wildman–Crippen LogP) is 3.88. The Hall–Kier alpha value is -3.84. The molecule has 7 heteroatoms. The fraction of sp³-hybridized carbons (Fsp3) is 0.231. The Kier molecular flexibility index (Phi) is 5.26. The molecule has 1 aliphatic rings. The van der Waals surface area contributed by atoms with E-state index in [1.807, 2.05) is 31.3 Å². The van der Waals surface area contributed by atoms with Crippen LogP contribution in [0.5, 0.6) is 0 Å². The van der Waals surface area contributed by atoms with E-state index in [0.717, 1.165) is 70.4 Å². The number of carbonyl (C=O) groups excluding carboxylic acids is 1. The van der Waals surface area contributed by atoms with Crippen molar-refractivity contribution in [3.05, 3.63) is 59.7 Å². The lowest BCUT2D eigenvalue weighted by molar-refractivity contribution is 0.100. The first kappa shape index (κ1) is 21.0. The topological polar surface area (TPSA) is 101 Å². The number of primary amides is 1. The summed E-state index contributed by atoms with van der Waals surface area (Å²) in [5.41, 5.74) is 12.7. The quantitative estimate of drug-likeness (QED) is 0.354. The number of aromatic nitrogens is 1. The molecule has 0 aliphatic carbocycles. The lowest BCUT2D eigenvalue weighted by atomic mass is 9.97. The van der Waals surface area contributed by atoms with Crippen molar-refractivity contribution in [2.24, 2.45) is 5.73 Å². The van der Waals surface area contributed by atoms with Gasteiger partial charge in [0.2, 0.25) is 0 Å². The van der Waals surface area contributed by atoms with Gasteiger partial charge in [0.1, 0.15) is 0 Å². The van der Waals surface area contributed by atoms with Crippen molar-refractivity contribution in [2.45, 2.75) is 0 Å². The highest BCUT2D eigenvalue weighted by Gasteiger charge is 2.18. The zero-order valence-electron chi connectivity index (χ0n) is 18.9. The number of nitrogens with two attached hydrogens (primary N) is 1. The standard InChI is InChI=1S/C26H28N6O/c1-29-23-6-3-16(11-18(23)15-27)17-12-21-20-5-4-19(32-9-7-31(2)8-10-32)14-24(20)30-25(21)22(13-17)26(28)33/h3-6,11-15,27,29-30H,7-10H2,1-2H3,(H2,28,33). The highest BCUT2D eigenvalue weighted by molar-refractivity contribution is 6.16. The van der Waals surface area contributed by atoms with Crippen molar-refractivity contribution in [1.29, 1.82) is 5.41 Å². The van der Waals surface area contributed by atoms with Crippen molar-refractivity contribution in [1.82, 2.24) is 9.88 Å². The smallest absolute Gasteiger partial charge is 0.250 e. The summed E-state index contributed by atoms with van der Waals surface area (Å²) in [5, 5.41) is 12.9. The molecule has 5 N–H and O–H groups in total. The Labute approximate surface area is 192 Å². The zero-order chi connectivity index (χ0) is 23.1. The van der Waals surface area contributed by atoms with E-state index in [9.17, 15) is 4.79 Å². The van der Waals surface area contributed by atoms with Gasteiger partial charge in [-0.05, 0) is 54.6 Å². The Balaban J connectivity index is 1.65. The number of amides is 1. The van der Waals surface area contributed by atoms with Gasteiger partial charge in [-0.1, -0.05) is 12.1 Å². The number of fused-ring (bicyclic) bond motifs is 3. The summed E-state index contributed by atoms with van der Waals surface area (Å²) in [6.45, 7) is 4.09. The van der Waals surface area contributed by atoms with Gasteiger partial charge >= 0.3 is 0 Å². The van der Waals surface area contributed by atoms with Crippen LogP contribution in [0.15, 0.2) is 48.5 Å². The van der Waals surface area contributed by atoms with Gasteiger partial charge in [0.05, 0.1) is 11.1 Å². The number of benzene rings is 3. The van der Waals surface area contributed by atoms with E-state index in [4.69, 9.17) is 11.1 Å². The summed E-state index contributed by atoms with van der Waals surface area (Å²) in [5.74, 6) is -0.466. The molecule has 0 bridgehead atoms. The highest BCUT2D eigenvalue weighted by atomic mass is 16.1. The van der Waals surface area contributed by atoms with Crippen molar-refractivity contribution in [2.75, 3.05) is 50.5 Å². The van der Waals surface area contributed by atoms with Crippen LogP contribution in [0.1, 0.15) is 15.9 Å². The SMILES string of the molecule is CNc1ccc(-c2cc(C(N)=O)c3[nH]c4cc(N5CCN(C)CC5)ccc4c3c2)cc1C=N. The number of nitrogens with zero attached hydrogens (tertiary/aromatic N) is 2. The first-order valence-corrected chi connectivity index (χ1v) is 11.1. The minimum atomic E-state index is -0.466. The van der Waals surface area contributed by atoms with Gasteiger partial charge in [-0.15, -0.1) is 0 Å². The van der Waals surface area contributed by atoms with Gasteiger partial charge in [-0.3, -0.25) is 4.79 Å². The molecule has 1 aliphatic heterocycles. The minimum Gasteiger partial charge on any atom is -0.388 e. The van der Waals surface area contributed by atoms with E-state index in [2.05, 4.69) is 51.4 Å². The molecule has 1 fully saturated rings. The number of aromatic amines is 1. The number of anilines is 2. The maximum Gasteiger partial charge on any atom is 0.250 e. The summed E-state index contributed by atoms with van der Waals surface area (Å²) in [6, 6.07) is 16.3. The van der Waals surface area contributed by atoms with Crippen LogP contribution in [-0.4, -0.2) is 62.3 Å². The molecule has 0 saturated carbocycles. The predicted molar refractivity (Wildman–Crippen MR) is 137 cm³/mol. The maximum atomic E-state index is 12.4. The molecular weight excluding hydrogens is 412 g/mol. The lowest BCUT2D eigenvalue weighted by Gasteiger charge is -2.34. The Morgan fingerprint density at radius 3 is 2.52 bits per heavy atom. The first-order valence-electron chi connectivity index (χ1n) is 11.1. The monoisotopic (exact) mass is 440 g/mol. The summed E-state index contributed by atoms with van der Waals surface area (Å²) < 4.78 is 0. The third-order valence-electron chi connectivity index (χ3n) is 6.63. The van der Waals surface area contributed by atoms with E-state index >= 15 is 0 Å². The highest BCUT2D eigenvalue weighted by Crippen LogP contribution is 2.35. The molecule has 1 saturated heterocycles. The van der Waals surface area contributed by atoms with E-state index in [0.29, 0.717) is 5.56 Å². The third-order valence-corrected chi connectivity index (χ3v) is 6.63. The minimum absolute atomic E-state index is 0.466. The van der Waals surface area contributed by atoms with Crippen molar-refractivity contribution in [3.8, 4) is 11.1 Å². The molecule has 0 spiro atoms. The largest absolute Gasteiger partial charge is 0.388 e. The molecule has 4 aromatic rings. The summed E-state index contributed by atoms with van der Waals surface area (Å²) in [4.78, 5) is 20.6. The van der Waals surface area contributed by atoms with Gasteiger partial charge in [-0.2, -0.15) is 0 Å². The van der Waals surface area contributed by atoms with Crippen LogP contribution in [0.2, 0.25) is 0 Å². The summed E-state index contributed by atoms with van der Waals surface area (Å²) in [6.07, 6.45) is 1.33. The van der Waals surface area contributed by atoms with Crippen LogP contribution in [0.4, 0.5) is 11.4 Å². The van der Waals surface area contributed by atoms with Gasteiger partial charge in [0, 0.05) is 72.7 Å². The Morgan fingerprint density at radius 1 is 1.03 bits per heavy atom. The van der Waals surface area contributed by atoms with Crippen LogP contribution < -0.4 is 16.0 Å². The number of hydrogen-bond donors (Lipinski definition) is 4. The van der Waals surface area contributed by atoms with E-state index in [1.165, 1.54) is 11.9 Å². The molecule has 0 radical (unpaired) electrons. The molecule has 0 unspecified atom stereocenters. The van der Waals surface area contributed by atoms with E-state index in [-0.39, 0.29) is 0 Å². The van der Waals surface area contributed by atoms with Crippen molar-refractivity contribution < 1.29 is 4.79 Å². The molecular formula is C26H28N6O. The lowest BCUT2D eigenvalue weighted by Crippen LogP contribution is -2.44. The summed E-state index contributed by atoms with van der Waals surface area (Å²) >= 11 is 0. The molecule has 7 nitrogen and oxygen atoms in total. The van der Waals surface area contributed by atoms with Crippen molar-refractivity contribution in [3.63, 3.8) is 0 Å².